The van der Waals surface area contributed by atoms with Crippen molar-refractivity contribution < 1.29 is 4.79 Å². The van der Waals surface area contributed by atoms with Gasteiger partial charge in [-0.25, -0.2) is 0 Å². The molecule has 120 valence electrons. The molecule has 0 bridgehead atoms. The van der Waals surface area contributed by atoms with Gasteiger partial charge >= 0.3 is 0 Å². The molecule has 1 atom stereocenters. The summed E-state index contributed by atoms with van der Waals surface area (Å²) in [7, 11) is 0. The topological polar surface area (TPSA) is 32.3 Å². The second-order valence-corrected chi connectivity index (χ2v) is 6.37. The Kier molecular flexibility index (Phi) is 4.99. The van der Waals surface area contributed by atoms with Crippen molar-refractivity contribution in [1.82, 2.24) is 5.32 Å². The van der Waals surface area contributed by atoms with Gasteiger partial charge in [-0.3, -0.25) is 4.79 Å². The molecule has 4 heteroatoms. The first-order chi connectivity index (χ1) is 11.1. The molecule has 1 aliphatic heterocycles. The zero-order valence-electron chi connectivity index (χ0n) is 13.3. The lowest BCUT2D eigenvalue weighted by molar-refractivity contribution is -0.118. The molecule has 3 nitrogen and oxygen atoms in total. The fraction of sp³-hybridized carbons (Fsp3) is 0.316. The van der Waals surface area contributed by atoms with Crippen molar-refractivity contribution in [3.05, 3.63) is 64.7 Å². The number of hydrogen-bond acceptors (Lipinski definition) is 2. The summed E-state index contributed by atoms with van der Waals surface area (Å²) >= 11 is 5.91. The zero-order chi connectivity index (χ0) is 16.2. The van der Waals surface area contributed by atoms with E-state index in [2.05, 4.69) is 18.3 Å². The summed E-state index contributed by atoms with van der Waals surface area (Å²) in [4.78, 5) is 14.5. The third-order valence-corrected chi connectivity index (χ3v) is 4.59. The standard InChI is InChI=1S/C19H21ClN2O/c1-14(15-8-10-17(20)11-9-15)21-13-19(23)22-12-4-6-16-5-2-3-7-18(16)22/h2-3,5,7-11,14,21H,4,6,12-13H2,1H3/t14-/m1/s1. The number of anilines is 1. The van der Waals surface area contributed by atoms with Crippen LogP contribution in [0.2, 0.25) is 5.02 Å². The molecule has 1 aliphatic rings. The highest BCUT2D eigenvalue weighted by atomic mass is 35.5. The summed E-state index contributed by atoms with van der Waals surface area (Å²) in [6.07, 6.45) is 2.07. The molecular weight excluding hydrogens is 308 g/mol. The van der Waals surface area contributed by atoms with Crippen molar-refractivity contribution in [3.63, 3.8) is 0 Å². The number of rotatable bonds is 4. The van der Waals surface area contributed by atoms with E-state index >= 15 is 0 Å². The number of nitrogens with zero attached hydrogens (tertiary/aromatic N) is 1. The highest BCUT2D eigenvalue weighted by Crippen LogP contribution is 2.26. The van der Waals surface area contributed by atoms with E-state index in [4.69, 9.17) is 11.6 Å². The fourth-order valence-electron chi connectivity index (χ4n) is 3.00. The molecule has 1 amide bonds. The lowest BCUT2D eigenvalue weighted by atomic mass is 10.0. The van der Waals surface area contributed by atoms with Gasteiger partial charge in [0, 0.05) is 23.3 Å². The molecular formula is C19H21ClN2O. The largest absolute Gasteiger partial charge is 0.311 e. The van der Waals surface area contributed by atoms with E-state index in [0.717, 1.165) is 35.7 Å². The van der Waals surface area contributed by atoms with Gasteiger partial charge in [0.2, 0.25) is 5.91 Å². The average molecular weight is 329 g/mol. The molecule has 0 saturated carbocycles. The van der Waals surface area contributed by atoms with Gasteiger partial charge in [0.1, 0.15) is 0 Å². The lowest BCUT2D eigenvalue weighted by Gasteiger charge is -2.30. The van der Waals surface area contributed by atoms with Crippen LogP contribution < -0.4 is 10.2 Å². The molecule has 0 aliphatic carbocycles. The Morgan fingerprint density at radius 2 is 1.96 bits per heavy atom. The van der Waals surface area contributed by atoms with Crippen LogP contribution in [0.1, 0.15) is 30.5 Å². The molecule has 23 heavy (non-hydrogen) atoms. The Hall–Kier alpha value is -1.84. The summed E-state index contributed by atoms with van der Waals surface area (Å²) in [6.45, 7) is 3.19. The first-order valence-corrected chi connectivity index (χ1v) is 8.40. The Labute approximate surface area is 142 Å². The lowest BCUT2D eigenvalue weighted by Crippen LogP contribution is -2.41. The fourth-order valence-corrected chi connectivity index (χ4v) is 3.12. The molecule has 3 rings (SSSR count). The predicted molar refractivity (Wildman–Crippen MR) is 95.0 cm³/mol. The molecule has 0 saturated heterocycles. The summed E-state index contributed by atoms with van der Waals surface area (Å²) in [5, 5.41) is 4.04. The maximum absolute atomic E-state index is 12.6. The minimum Gasteiger partial charge on any atom is -0.311 e. The van der Waals surface area contributed by atoms with Gasteiger partial charge < -0.3 is 10.2 Å². The number of halogens is 1. The van der Waals surface area contributed by atoms with Crippen LogP contribution in [-0.2, 0) is 11.2 Å². The Morgan fingerprint density at radius 1 is 1.22 bits per heavy atom. The molecule has 0 spiro atoms. The van der Waals surface area contributed by atoms with Crippen molar-refractivity contribution >= 4 is 23.2 Å². The van der Waals surface area contributed by atoms with E-state index in [1.54, 1.807) is 0 Å². The molecule has 1 heterocycles. The Morgan fingerprint density at radius 3 is 2.74 bits per heavy atom. The number of nitrogens with one attached hydrogen (secondary N) is 1. The quantitative estimate of drug-likeness (QED) is 0.921. The number of carbonyl (C=O) groups is 1. The van der Waals surface area contributed by atoms with E-state index in [-0.39, 0.29) is 11.9 Å². The van der Waals surface area contributed by atoms with Crippen molar-refractivity contribution in [2.45, 2.75) is 25.8 Å². The number of para-hydroxylation sites is 1. The first-order valence-electron chi connectivity index (χ1n) is 8.02. The zero-order valence-corrected chi connectivity index (χ0v) is 14.0. The number of aryl methyl sites for hydroxylation is 1. The molecule has 0 fully saturated rings. The number of fused-ring (bicyclic) bond motifs is 1. The van der Waals surface area contributed by atoms with Gasteiger partial charge in [-0.15, -0.1) is 0 Å². The third kappa shape index (κ3) is 3.74. The molecule has 1 N–H and O–H groups in total. The van der Waals surface area contributed by atoms with Crippen LogP contribution in [-0.4, -0.2) is 19.0 Å². The smallest absolute Gasteiger partial charge is 0.240 e. The van der Waals surface area contributed by atoms with Crippen LogP contribution in [0.5, 0.6) is 0 Å². The Bertz CT molecular complexity index is 684. The molecule has 0 radical (unpaired) electrons. The van der Waals surface area contributed by atoms with Gasteiger partial charge in [0.25, 0.3) is 0 Å². The van der Waals surface area contributed by atoms with Gasteiger partial charge in [-0.1, -0.05) is 41.9 Å². The monoisotopic (exact) mass is 328 g/mol. The summed E-state index contributed by atoms with van der Waals surface area (Å²) in [6, 6.07) is 16.0. The van der Waals surface area contributed by atoms with Crippen LogP contribution in [0.15, 0.2) is 48.5 Å². The molecule has 0 aromatic heterocycles. The first kappa shape index (κ1) is 16.0. The number of carbonyl (C=O) groups excluding carboxylic acids is 1. The van der Waals surface area contributed by atoms with E-state index in [1.807, 2.05) is 47.4 Å². The summed E-state index contributed by atoms with van der Waals surface area (Å²) < 4.78 is 0. The van der Waals surface area contributed by atoms with Crippen LogP contribution in [0.25, 0.3) is 0 Å². The van der Waals surface area contributed by atoms with Gasteiger partial charge in [-0.2, -0.15) is 0 Å². The van der Waals surface area contributed by atoms with E-state index in [9.17, 15) is 4.79 Å². The number of benzene rings is 2. The number of hydrogen-bond donors (Lipinski definition) is 1. The van der Waals surface area contributed by atoms with E-state index < -0.39 is 0 Å². The minimum atomic E-state index is 0.108. The minimum absolute atomic E-state index is 0.108. The van der Waals surface area contributed by atoms with Crippen molar-refractivity contribution in [1.29, 1.82) is 0 Å². The van der Waals surface area contributed by atoms with Crippen LogP contribution in [0.4, 0.5) is 5.69 Å². The van der Waals surface area contributed by atoms with Crippen LogP contribution in [0.3, 0.4) is 0 Å². The highest BCUT2D eigenvalue weighted by molar-refractivity contribution is 6.30. The van der Waals surface area contributed by atoms with Crippen molar-refractivity contribution in [2.24, 2.45) is 0 Å². The molecule has 2 aromatic carbocycles. The summed E-state index contributed by atoms with van der Waals surface area (Å²) in [5.74, 6) is 0.123. The van der Waals surface area contributed by atoms with Gasteiger partial charge in [0.05, 0.1) is 6.54 Å². The predicted octanol–water partition coefficient (Wildman–Crippen LogP) is 3.97. The molecule has 2 aromatic rings. The average Bonchev–Trinajstić information content (AvgIpc) is 2.59. The van der Waals surface area contributed by atoms with Crippen molar-refractivity contribution in [3.8, 4) is 0 Å². The SMILES string of the molecule is C[C@@H](NCC(=O)N1CCCc2ccccc21)c1ccc(Cl)cc1. The van der Waals surface area contributed by atoms with Crippen LogP contribution >= 0.6 is 11.6 Å². The second-order valence-electron chi connectivity index (χ2n) is 5.93. The normalized spacial score (nSPS) is 15.1. The maximum Gasteiger partial charge on any atom is 0.240 e. The van der Waals surface area contributed by atoms with Crippen LogP contribution in [0, 0.1) is 0 Å². The highest BCUT2D eigenvalue weighted by Gasteiger charge is 2.22. The van der Waals surface area contributed by atoms with E-state index in [0.29, 0.717) is 6.54 Å². The summed E-state index contributed by atoms with van der Waals surface area (Å²) in [5.41, 5.74) is 3.45. The number of amides is 1. The Balaban J connectivity index is 1.63. The van der Waals surface area contributed by atoms with E-state index in [1.165, 1.54) is 5.56 Å². The van der Waals surface area contributed by atoms with Crippen molar-refractivity contribution in [2.75, 3.05) is 18.0 Å². The maximum atomic E-state index is 12.6. The second kappa shape index (κ2) is 7.16. The van der Waals surface area contributed by atoms with Gasteiger partial charge in [0.15, 0.2) is 0 Å². The van der Waals surface area contributed by atoms with Gasteiger partial charge in [-0.05, 0) is 49.1 Å². The third-order valence-electron chi connectivity index (χ3n) is 4.34. The molecule has 0 unspecified atom stereocenters.